The van der Waals surface area contributed by atoms with Crippen LogP contribution in [-0.4, -0.2) is 54.4 Å². The first kappa shape index (κ1) is 13.5. The summed E-state index contributed by atoms with van der Waals surface area (Å²) in [5, 5.41) is 3.08. The van der Waals surface area contributed by atoms with Crippen LogP contribution >= 0.6 is 0 Å². The Morgan fingerprint density at radius 1 is 1.37 bits per heavy atom. The third-order valence-corrected chi connectivity index (χ3v) is 2.56. The fourth-order valence-electron chi connectivity index (χ4n) is 1.69. The third kappa shape index (κ3) is 3.78. The van der Waals surface area contributed by atoms with Crippen LogP contribution in [-0.2, 0) is 4.74 Å². The summed E-state index contributed by atoms with van der Waals surface area (Å²) in [6.45, 7) is 9.63. The zero-order valence-corrected chi connectivity index (χ0v) is 11.1. The summed E-state index contributed by atoms with van der Waals surface area (Å²) >= 11 is 0. The smallest absolute Gasteiger partial charge is 0.323 e. The van der Waals surface area contributed by atoms with Gasteiger partial charge in [0.1, 0.15) is 6.61 Å². The fraction of sp³-hybridized carbons (Fsp3) is 0.583. The first-order valence-electron chi connectivity index (χ1n) is 6.40. The summed E-state index contributed by atoms with van der Waals surface area (Å²) in [4.78, 5) is 15.0. The highest BCUT2D eigenvalue weighted by atomic mass is 16.5. The van der Waals surface area contributed by atoms with E-state index in [4.69, 9.17) is 9.47 Å². The minimum absolute atomic E-state index is 0.312. The van der Waals surface area contributed by atoms with Gasteiger partial charge in [-0.3, -0.25) is 0 Å². The Labute approximate surface area is 112 Å². The number of morpholine rings is 1. The molecule has 0 atom stereocenters. The standard InChI is InChI=1S/C12H19N5O2/c1-3-7-19-12-15-10(13-4-2)14-11(16-12)17-5-8-18-9-6-17/h3H,1,4-9H2,2H3,(H,13,14,15,16). The summed E-state index contributed by atoms with van der Waals surface area (Å²) in [5.41, 5.74) is 0. The molecule has 2 rings (SSSR count). The van der Waals surface area contributed by atoms with Gasteiger partial charge in [0.2, 0.25) is 11.9 Å². The Morgan fingerprint density at radius 3 is 2.84 bits per heavy atom. The second-order valence-corrected chi connectivity index (χ2v) is 3.97. The first-order valence-corrected chi connectivity index (χ1v) is 6.40. The molecule has 0 spiro atoms. The molecular formula is C12H19N5O2. The normalized spacial score (nSPS) is 15.1. The average Bonchev–Trinajstić information content (AvgIpc) is 2.46. The number of anilines is 2. The lowest BCUT2D eigenvalue weighted by atomic mass is 10.4. The number of rotatable bonds is 6. The van der Waals surface area contributed by atoms with E-state index in [0.29, 0.717) is 37.7 Å². The van der Waals surface area contributed by atoms with Crippen molar-refractivity contribution >= 4 is 11.9 Å². The van der Waals surface area contributed by atoms with E-state index in [1.807, 2.05) is 6.92 Å². The predicted octanol–water partition coefficient (Wildman–Crippen LogP) is 0.705. The summed E-state index contributed by atoms with van der Waals surface area (Å²) < 4.78 is 10.7. The maximum atomic E-state index is 5.40. The van der Waals surface area contributed by atoms with Crippen molar-refractivity contribution in [2.24, 2.45) is 0 Å². The van der Waals surface area contributed by atoms with Gasteiger partial charge in [-0.15, -0.1) is 0 Å². The van der Waals surface area contributed by atoms with Crippen LogP contribution in [0, 0.1) is 0 Å². The van der Waals surface area contributed by atoms with E-state index in [9.17, 15) is 0 Å². The topological polar surface area (TPSA) is 72.4 Å². The molecule has 0 aliphatic carbocycles. The molecule has 0 aromatic carbocycles. The second kappa shape index (κ2) is 6.89. The Balaban J connectivity index is 2.19. The van der Waals surface area contributed by atoms with Crippen molar-refractivity contribution in [2.75, 3.05) is 49.7 Å². The van der Waals surface area contributed by atoms with Crippen LogP contribution in [0.25, 0.3) is 0 Å². The maximum Gasteiger partial charge on any atom is 0.323 e. The van der Waals surface area contributed by atoms with Gasteiger partial charge in [-0.1, -0.05) is 12.7 Å². The molecule has 7 heteroatoms. The highest BCUT2D eigenvalue weighted by Gasteiger charge is 2.16. The van der Waals surface area contributed by atoms with Crippen molar-refractivity contribution < 1.29 is 9.47 Å². The van der Waals surface area contributed by atoms with Crippen LogP contribution < -0.4 is 15.0 Å². The van der Waals surface area contributed by atoms with Gasteiger partial charge < -0.3 is 19.7 Å². The fourth-order valence-corrected chi connectivity index (χ4v) is 1.69. The zero-order chi connectivity index (χ0) is 13.5. The van der Waals surface area contributed by atoms with Crippen molar-refractivity contribution in [1.82, 2.24) is 15.0 Å². The molecule has 1 N–H and O–H groups in total. The van der Waals surface area contributed by atoms with Crippen LogP contribution in [0.3, 0.4) is 0 Å². The van der Waals surface area contributed by atoms with Gasteiger partial charge in [0, 0.05) is 19.6 Å². The van der Waals surface area contributed by atoms with Crippen LogP contribution in [0.1, 0.15) is 6.92 Å². The molecule has 19 heavy (non-hydrogen) atoms. The SMILES string of the molecule is C=CCOc1nc(NCC)nc(N2CCOCC2)n1. The lowest BCUT2D eigenvalue weighted by molar-refractivity contribution is 0.122. The Kier molecular flexibility index (Phi) is 4.91. The van der Waals surface area contributed by atoms with E-state index in [1.54, 1.807) is 6.08 Å². The average molecular weight is 265 g/mol. The quantitative estimate of drug-likeness (QED) is 0.759. The van der Waals surface area contributed by atoms with Crippen molar-refractivity contribution in [2.45, 2.75) is 6.92 Å². The lowest BCUT2D eigenvalue weighted by Gasteiger charge is -2.26. The second-order valence-electron chi connectivity index (χ2n) is 3.97. The Bertz CT molecular complexity index is 421. The number of ether oxygens (including phenoxy) is 2. The molecule has 1 aliphatic heterocycles. The summed E-state index contributed by atoms with van der Waals surface area (Å²) in [6.07, 6.45) is 1.66. The molecule has 1 saturated heterocycles. The number of hydrogen-bond donors (Lipinski definition) is 1. The first-order chi connectivity index (χ1) is 9.33. The van der Waals surface area contributed by atoms with Crippen LogP contribution in [0.5, 0.6) is 6.01 Å². The molecule has 0 amide bonds. The summed E-state index contributed by atoms with van der Waals surface area (Å²) in [7, 11) is 0. The molecule has 7 nitrogen and oxygen atoms in total. The van der Waals surface area contributed by atoms with Gasteiger partial charge in [-0.2, -0.15) is 15.0 Å². The number of nitrogens with zero attached hydrogens (tertiary/aromatic N) is 4. The largest absolute Gasteiger partial charge is 0.459 e. The van der Waals surface area contributed by atoms with Crippen molar-refractivity contribution in [3.63, 3.8) is 0 Å². The Hall–Kier alpha value is -1.89. The highest BCUT2D eigenvalue weighted by molar-refractivity contribution is 5.38. The zero-order valence-electron chi connectivity index (χ0n) is 11.1. The molecule has 104 valence electrons. The Morgan fingerprint density at radius 2 is 2.16 bits per heavy atom. The molecule has 1 aromatic heterocycles. The lowest BCUT2D eigenvalue weighted by Crippen LogP contribution is -2.37. The van der Waals surface area contributed by atoms with Crippen LogP contribution in [0.15, 0.2) is 12.7 Å². The van der Waals surface area contributed by atoms with Gasteiger partial charge in [0.15, 0.2) is 0 Å². The molecule has 2 heterocycles. The van der Waals surface area contributed by atoms with Crippen molar-refractivity contribution in [1.29, 1.82) is 0 Å². The maximum absolute atomic E-state index is 5.40. The van der Waals surface area contributed by atoms with Gasteiger partial charge >= 0.3 is 6.01 Å². The van der Waals surface area contributed by atoms with Crippen LogP contribution in [0.2, 0.25) is 0 Å². The monoisotopic (exact) mass is 265 g/mol. The third-order valence-electron chi connectivity index (χ3n) is 2.56. The molecule has 0 saturated carbocycles. The minimum atomic E-state index is 0.312. The molecular weight excluding hydrogens is 246 g/mol. The minimum Gasteiger partial charge on any atom is -0.459 e. The molecule has 0 bridgehead atoms. The van der Waals surface area contributed by atoms with Gasteiger partial charge in [0.05, 0.1) is 13.2 Å². The van der Waals surface area contributed by atoms with E-state index >= 15 is 0 Å². The van der Waals surface area contributed by atoms with E-state index in [-0.39, 0.29) is 0 Å². The van der Waals surface area contributed by atoms with E-state index in [0.717, 1.165) is 19.6 Å². The predicted molar refractivity (Wildman–Crippen MR) is 72.7 cm³/mol. The molecule has 0 unspecified atom stereocenters. The summed E-state index contributed by atoms with van der Waals surface area (Å²) in [5.74, 6) is 1.14. The number of hydrogen-bond acceptors (Lipinski definition) is 7. The molecule has 1 fully saturated rings. The van der Waals surface area contributed by atoms with Crippen molar-refractivity contribution in [3.8, 4) is 6.01 Å². The van der Waals surface area contributed by atoms with E-state index in [2.05, 4.69) is 31.7 Å². The molecule has 0 radical (unpaired) electrons. The number of nitrogens with one attached hydrogen (secondary N) is 1. The van der Waals surface area contributed by atoms with Gasteiger partial charge in [-0.25, -0.2) is 0 Å². The van der Waals surface area contributed by atoms with E-state index < -0.39 is 0 Å². The van der Waals surface area contributed by atoms with E-state index in [1.165, 1.54) is 0 Å². The highest BCUT2D eigenvalue weighted by Crippen LogP contribution is 2.16. The van der Waals surface area contributed by atoms with Gasteiger partial charge in [-0.05, 0) is 6.92 Å². The van der Waals surface area contributed by atoms with Crippen molar-refractivity contribution in [3.05, 3.63) is 12.7 Å². The molecule has 1 aliphatic rings. The number of aromatic nitrogens is 3. The molecule has 1 aromatic rings. The summed E-state index contributed by atoms with van der Waals surface area (Å²) in [6, 6.07) is 0.312. The van der Waals surface area contributed by atoms with Gasteiger partial charge in [0.25, 0.3) is 0 Å². The van der Waals surface area contributed by atoms with Crippen LogP contribution in [0.4, 0.5) is 11.9 Å².